The number of alkyl halides is 3. The van der Waals surface area contributed by atoms with Crippen molar-refractivity contribution in [3.05, 3.63) is 162 Å². The van der Waals surface area contributed by atoms with Gasteiger partial charge >= 0.3 is 6.18 Å². The summed E-state index contributed by atoms with van der Waals surface area (Å²) in [6.07, 6.45) is -1.38. The number of anilines is 1. The van der Waals surface area contributed by atoms with Crippen LogP contribution in [0, 0.1) is 0 Å². The predicted octanol–water partition coefficient (Wildman–Crippen LogP) is 7.40. The fourth-order valence-electron chi connectivity index (χ4n) is 5.44. The number of carbonyl (C=O) groups excluding carboxylic acids is 3. The Kier molecular flexibility index (Phi) is 9.25. The Bertz CT molecular complexity index is 2110. The number of carbonyl (C=O) groups is 3. The molecule has 49 heavy (non-hydrogen) atoms. The highest BCUT2D eigenvalue weighted by Gasteiger charge is 2.30. The molecule has 2 N–H and O–H groups in total. The molecule has 4 aromatic carbocycles. The van der Waals surface area contributed by atoms with Crippen molar-refractivity contribution in [1.29, 1.82) is 0 Å². The lowest BCUT2D eigenvalue weighted by molar-refractivity contribution is -0.137. The van der Waals surface area contributed by atoms with E-state index in [2.05, 4.69) is 15.6 Å². The third-order valence-corrected chi connectivity index (χ3v) is 7.93. The van der Waals surface area contributed by atoms with Crippen molar-refractivity contribution in [2.75, 3.05) is 12.4 Å². The Labute approximate surface area is 279 Å². The molecule has 0 fully saturated rings. The summed E-state index contributed by atoms with van der Waals surface area (Å²) in [4.78, 5) is 46.4. The molecule has 0 saturated heterocycles. The summed E-state index contributed by atoms with van der Waals surface area (Å²) in [6, 6.07) is 32.0. The Balaban J connectivity index is 1.19. The van der Waals surface area contributed by atoms with Crippen LogP contribution in [-0.4, -0.2) is 39.1 Å². The third kappa shape index (κ3) is 7.51. The van der Waals surface area contributed by atoms with Gasteiger partial charge in [-0.15, -0.1) is 0 Å². The van der Waals surface area contributed by atoms with Gasteiger partial charge in [0.2, 0.25) is 5.91 Å². The molecule has 0 spiro atoms. The quantitative estimate of drug-likeness (QED) is 0.169. The lowest BCUT2D eigenvalue weighted by Gasteiger charge is -2.25. The molecule has 0 aliphatic rings. The molecule has 0 saturated carbocycles. The first-order chi connectivity index (χ1) is 23.6. The van der Waals surface area contributed by atoms with E-state index in [0.717, 1.165) is 17.7 Å². The van der Waals surface area contributed by atoms with Crippen molar-refractivity contribution in [3.8, 4) is 11.1 Å². The molecule has 0 aliphatic heterocycles. The van der Waals surface area contributed by atoms with Gasteiger partial charge in [0.05, 0.1) is 11.3 Å². The summed E-state index contributed by atoms with van der Waals surface area (Å²) < 4.78 is 40.8. The summed E-state index contributed by atoms with van der Waals surface area (Å²) in [5.41, 5.74) is 2.86. The summed E-state index contributed by atoms with van der Waals surface area (Å²) in [5.74, 6) is -1.33. The number of benzene rings is 4. The molecule has 11 heteroatoms. The van der Waals surface area contributed by atoms with Gasteiger partial charge in [-0.05, 0) is 52.6 Å². The molecule has 1 unspecified atom stereocenters. The number of nitrogens with zero attached hydrogens (tertiary/aromatic N) is 3. The Hall–Kier alpha value is -6.23. The van der Waals surface area contributed by atoms with Crippen LogP contribution >= 0.6 is 0 Å². The van der Waals surface area contributed by atoms with Gasteiger partial charge < -0.3 is 19.9 Å². The lowest BCUT2D eigenvalue weighted by atomic mass is 9.98. The molecule has 6 rings (SSSR count). The second-order valence-corrected chi connectivity index (χ2v) is 11.4. The summed E-state index contributed by atoms with van der Waals surface area (Å²) >= 11 is 0. The number of likely N-dealkylation sites (N-methyl/N-ethyl adjacent to an activating group) is 1. The van der Waals surface area contributed by atoms with Gasteiger partial charge in [-0.25, -0.2) is 4.98 Å². The average Bonchev–Trinajstić information content (AvgIpc) is 3.54. The van der Waals surface area contributed by atoms with Crippen LogP contribution in [0.4, 0.5) is 18.9 Å². The van der Waals surface area contributed by atoms with Crippen LogP contribution in [-0.2, 0) is 17.5 Å². The fraction of sp³-hybridized carbons (Fsp3) is 0.105. The SMILES string of the molecule is CN(Cc1ccccc1)C(=O)C(NC(=O)c1cn2cc(NC(=O)c3ccccc3-c3ccc(C(F)(F)F)cc3)ccc2n1)c1ccccc1. The molecule has 6 aromatic rings. The van der Waals surface area contributed by atoms with Crippen LogP contribution in [0.2, 0.25) is 0 Å². The van der Waals surface area contributed by atoms with Crippen molar-refractivity contribution >= 4 is 29.1 Å². The molecule has 2 heterocycles. The number of hydrogen-bond donors (Lipinski definition) is 2. The molecule has 8 nitrogen and oxygen atoms in total. The van der Waals surface area contributed by atoms with Crippen LogP contribution in [0.1, 0.15) is 43.6 Å². The van der Waals surface area contributed by atoms with Gasteiger partial charge in [0, 0.05) is 31.5 Å². The number of rotatable bonds is 9. The van der Waals surface area contributed by atoms with Crippen molar-refractivity contribution < 1.29 is 27.6 Å². The molecule has 1 atom stereocenters. The second-order valence-electron chi connectivity index (χ2n) is 11.4. The first-order valence-electron chi connectivity index (χ1n) is 15.3. The number of hydrogen-bond acceptors (Lipinski definition) is 4. The van der Waals surface area contributed by atoms with Crippen molar-refractivity contribution in [2.24, 2.45) is 0 Å². The van der Waals surface area contributed by atoms with E-state index in [1.807, 2.05) is 36.4 Å². The smallest absolute Gasteiger partial charge is 0.339 e. The van der Waals surface area contributed by atoms with E-state index in [1.54, 1.807) is 83.2 Å². The van der Waals surface area contributed by atoms with Crippen LogP contribution in [0.15, 0.2) is 134 Å². The largest absolute Gasteiger partial charge is 0.416 e. The van der Waals surface area contributed by atoms with E-state index in [4.69, 9.17) is 0 Å². The fourth-order valence-corrected chi connectivity index (χ4v) is 5.44. The van der Waals surface area contributed by atoms with Crippen LogP contribution < -0.4 is 10.6 Å². The van der Waals surface area contributed by atoms with E-state index in [0.29, 0.717) is 34.6 Å². The first-order valence-corrected chi connectivity index (χ1v) is 15.3. The van der Waals surface area contributed by atoms with Gasteiger partial charge in [-0.2, -0.15) is 13.2 Å². The molecular formula is C38H30F3N5O3. The zero-order valence-corrected chi connectivity index (χ0v) is 26.2. The minimum atomic E-state index is -4.47. The number of halogens is 3. The monoisotopic (exact) mass is 661 g/mol. The molecule has 246 valence electrons. The van der Waals surface area contributed by atoms with Gasteiger partial charge in [0.1, 0.15) is 17.4 Å². The number of fused-ring (bicyclic) bond motifs is 1. The van der Waals surface area contributed by atoms with Gasteiger partial charge in [0.15, 0.2) is 0 Å². The topological polar surface area (TPSA) is 95.8 Å². The van der Waals surface area contributed by atoms with Gasteiger partial charge in [-0.1, -0.05) is 91.0 Å². The minimum absolute atomic E-state index is 0.0653. The van der Waals surface area contributed by atoms with Crippen LogP contribution in [0.5, 0.6) is 0 Å². The van der Waals surface area contributed by atoms with E-state index in [-0.39, 0.29) is 17.2 Å². The van der Waals surface area contributed by atoms with Crippen molar-refractivity contribution in [2.45, 2.75) is 18.8 Å². The highest BCUT2D eigenvalue weighted by molar-refractivity contribution is 6.08. The maximum atomic E-state index is 13.6. The standard InChI is InChI=1S/C38H30F3N5O3/c1-45(22-25-10-4-2-5-11-25)37(49)34(27-12-6-3-7-13-27)44-36(48)32-24-46-23-29(20-21-33(46)43-32)42-35(47)31-15-9-8-14-30(31)26-16-18-28(19-17-26)38(39,40)41/h2-21,23-24,34H,22H2,1H3,(H,42,47)(H,44,48). The minimum Gasteiger partial charge on any atom is -0.339 e. The number of aromatic nitrogens is 2. The van der Waals surface area contributed by atoms with Crippen molar-refractivity contribution in [3.63, 3.8) is 0 Å². The normalized spacial score (nSPS) is 11.9. The lowest BCUT2D eigenvalue weighted by Crippen LogP contribution is -2.41. The Morgan fingerprint density at radius 3 is 2.12 bits per heavy atom. The summed E-state index contributed by atoms with van der Waals surface area (Å²) in [5, 5.41) is 5.66. The summed E-state index contributed by atoms with van der Waals surface area (Å²) in [7, 11) is 1.68. The van der Waals surface area contributed by atoms with Crippen LogP contribution in [0.25, 0.3) is 16.8 Å². The highest BCUT2D eigenvalue weighted by atomic mass is 19.4. The Morgan fingerprint density at radius 2 is 1.43 bits per heavy atom. The zero-order valence-electron chi connectivity index (χ0n) is 26.2. The predicted molar refractivity (Wildman–Crippen MR) is 180 cm³/mol. The van der Waals surface area contributed by atoms with E-state index >= 15 is 0 Å². The van der Waals surface area contributed by atoms with Crippen molar-refractivity contribution in [1.82, 2.24) is 19.6 Å². The van der Waals surface area contributed by atoms with E-state index < -0.39 is 29.6 Å². The number of amides is 3. The molecule has 3 amide bonds. The second kappa shape index (κ2) is 13.9. The first kappa shape index (κ1) is 32.7. The van der Waals surface area contributed by atoms with Crippen LogP contribution in [0.3, 0.4) is 0 Å². The molecule has 2 aromatic heterocycles. The number of imidazole rings is 1. The van der Waals surface area contributed by atoms with E-state index in [1.165, 1.54) is 18.3 Å². The average molecular weight is 662 g/mol. The molecule has 0 radical (unpaired) electrons. The third-order valence-electron chi connectivity index (χ3n) is 7.93. The maximum absolute atomic E-state index is 13.6. The molecular weight excluding hydrogens is 631 g/mol. The Morgan fingerprint density at radius 1 is 0.776 bits per heavy atom. The molecule has 0 bridgehead atoms. The number of pyridine rings is 1. The maximum Gasteiger partial charge on any atom is 0.416 e. The highest BCUT2D eigenvalue weighted by Crippen LogP contribution is 2.32. The number of nitrogens with one attached hydrogen (secondary N) is 2. The molecule has 0 aliphatic carbocycles. The summed E-state index contributed by atoms with van der Waals surface area (Å²) in [6.45, 7) is 0.358. The van der Waals surface area contributed by atoms with E-state index in [9.17, 15) is 27.6 Å². The van der Waals surface area contributed by atoms with Gasteiger partial charge in [0.25, 0.3) is 11.8 Å². The zero-order chi connectivity index (χ0) is 34.5. The van der Waals surface area contributed by atoms with Gasteiger partial charge in [-0.3, -0.25) is 14.4 Å².